The Kier molecular flexibility index (Phi) is 7.04. The van der Waals surface area contributed by atoms with Crippen LogP contribution in [0, 0.1) is 0 Å². The highest BCUT2D eigenvalue weighted by atomic mass is 35.5. The molecule has 0 fully saturated rings. The molecule has 168 valence electrons. The number of ether oxygens (including phenoxy) is 3. The van der Waals surface area contributed by atoms with Gasteiger partial charge >= 0.3 is 0 Å². The number of nitrogens with one attached hydrogen (secondary N) is 1. The van der Waals surface area contributed by atoms with E-state index in [-0.39, 0.29) is 12.2 Å². The van der Waals surface area contributed by atoms with Crippen molar-refractivity contribution in [3.05, 3.63) is 94.5 Å². The van der Waals surface area contributed by atoms with E-state index in [1.54, 1.807) is 7.11 Å². The second kappa shape index (κ2) is 9.95. The van der Waals surface area contributed by atoms with Crippen molar-refractivity contribution in [2.24, 2.45) is 0 Å². The third-order valence-electron chi connectivity index (χ3n) is 5.82. The second-order valence-electron chi connectivity index (χ2n) is 8.62. The molecule has 3 aromatic rings. The van der Waals surface area contributed by atoms with Crippen molar-refractivity contribution in [3.8, 4) is 5.75 Å². The van der Waals surface area contributed by atoms with Crippen LogP contribution in [0.2, 0.25) is 5.02 Å². The molecular formula is C27H30ClNO3. The lowest BCUT2D eigenvalue weighted by Crippen LogP contribution is -2.50. The summed E-state index contributed by atoms with van der Waals surface area (Å²) in [4.78, 5) is 0. The molecule has 2 unspecified atom stereocenters. The first-order valence-corrected chi connectivity index (χ1v) is 11.3. The van der Waals surface area contributed by atoms with Crippen molar-refractivity contribution >= 4 is 17.3 Å². The molecule has 0 saturated carbocycles. The average Bonchev–Trinajstić information content (AvgIpc) is 2.78. The first kappa shape index (κ1) is 22.7. The van der Waals surface area contributed by atoms with Gasteiger partial charge in [0.25, 0.3) is 0 Å². The maximum atomic E-state index is 6.44. The maximum absolute atomic E-state index is 6.44. The molecule has 1 heterocycles. The van der Waals surface area contributed by atoms with Crippen LogP contribution < -0.4 is 10.1 Å². The Balaban J connectivity index is 1.53. The van der Waals surface area contributed by atoms with Crippen molar-refractivity contribution in [2.75, 3.05) is 19.0 Å². The highest BCUT2D eigenvalue weighted by molar-refractivity contribution is 6.30. The molecule has 32 heavy (non-hydrogen) atoms. The lowest BCUT2D eigenvalue weighted by molar-refractivity contribution is -0.149. The lowest BCUT2D eigenvalue weighted by Gasteiger charge is -2.43. The van der Waals surface area contributed by atoms with E-state index in [1.807, 2.05) is 50.2 Å². The van der Waals surface area contributed by atoms with Gasteiger partial charge in [-0.15, -0.1) is 0 Å². The van der Waals surface area contributed by atoms with Crippen LogP contribution in [-0.2, 0) is 22.4 Å². The summed E-state index contributed by atoms with van der Waals surface area (Å²) >= 11 is 6.12. The second-order valence-corrected chi connectivity index (χ2v) is 9.06. The van der Waals surface area contributed by atoms with Gasteiger partial charge in [-0.3, -0.25) is 0 Å². The number of fused-ring (bicyclic) bond motifs is 1. The van der Waals surface area contributed by atoms with Gasteiger partial charge in [0.05, 0.1) is 6.61 Å². The van der Waals surface area contributed by atoms with E-state index in [0.29, 0.717) is 13.2 Å². The quantitative estimate of drug-likeness (QED) is 0.428. The molecule has 2 atom stereocenters. The number of halogens is 1. The summed E-state index contributed by atoms with van der Waals surface area (Å²) in [6.45, 7) is 5.37. The summed E-state index contributed by atoms with van der Waals surface area (Å²) in [6, 6.07) is 24.4. The van der Waals surface area contributed by atoms with Crippen LogP contribution in [0.15, 0.2) is 72.8 Å². The van der Waals surface area contributed by atoms with Crippen LogP contribution in [0.4, 0.5) is 5.69 Å². The van der Waals surface area contributed by atoms with E-state index in [1.165, 1.54) is 5.56 Å². The minimum Gasteiger partial charge on any atom is -0.485 e. The molecule has 1 aliphatic heterocycles. The molecule has 4 rings (SSSR count). The number of hydrogen-bond acceptors (Lipinski definition) is 4. The highest BCUT2D eigenvalue weighted by Gasteiger charge is 2.45. The van der Waals surface area contributed by atoms with E-state index in [2.05, 4.69) is 41.7 Å². The van der Waals surface area contributed by atoms with Crippen LogP contribution in [0.5, 0.6) is 5.75 Å². The van der Waals surface area contributed by atoms with Crippen molar-refractivity contribution in [2.45, 2.75) is 44.6 Å². The van der Waals surface area contributed by atoms with E-state index >= 15 is 0 Å². The number of anilines is 1. The zero-order valence-corrected chi connectivity index (χ0v) is 19.6. The number of rotatable bonds is 8. The van der Waals surface area contributed by atoms with Crippen molar-refractivity contribution in [1.29, 1.82) is 0 Å². The summed E-state index contributed by atoms with van der Waals surface area (Å²) in [5.74, 6) is 0.835. The Morgan fingerprint density at radius 1 is 0.969 bits per heavy atom. The molecule has 0 amide bonds. The van der Waals surface area contributed by atoms with Crippen molar-refractivity contribution < 1.29 is 14.2 Å². The topological polar surface area (TPSA) is 39.7 Å². The van der Waals surface area contributed by atoms with Gasteiger partial charge in [-0.05, 0) is 61.7 Å². The molecular weight excluding hydrogens is 422 g/mol. The van der Waals surface area contributed by atoms with Gasteiger partial charge in [0.15, 0.2) is 0 Å². The van der Waals surface area contributed by atoms with Crippen LogP contribution in [0.25, 0.3) is 0 Å². The smallest absolute Gasteiger partial charge is 0.132 e. The molecule has 1 N–H and O–H groups in total. The molecule has 3 aromatic carbocycles. The Hall–Kier alpha value is -2.53. The average molecular weight is 452 g/mol. The highest BCUT2D eigenvalue weighted by Crippen LogP contribution is 2.44. The van der Waals surface area contributed by atoms with E-state index < -0.39 is 5.60 Å². The van der Waals surface area contributed by atoms with Crippen molar-refractivity contribution in [1.82, 2.24) is 0 Å². The molecule has 0 aromatic heterocycles. The van der Waals surface area contributed by atoms with E-state index in [9.17, 15) is 0 Å². The van der Waals surface area contributed by atoms with Crippen LogP contribution in [0.3, 0.4) is 0 Å². The van der Waals surface area contributed by atoms with Crippen LogP contribution >= 0.6 is 11.6 Å². The number of methoxy groups -OCH3 is 1. The minimum absolute atomic E-state index is 0.226. The van der Waals surface area contributed by atoms with Gasteiger partial charge in [-0.2, -0.15) is 0 Å². The fourth-order valence-electron chi connectivity index (χ4n) is 4.23. The molecule has 5 heteroatoms. The number of benzene rings is 3. The third kappa shape index (κ3) is 5.26. The predicted molar refractivity (Wildman–Crippen MR) is 130 cm³/mol. The summed E-state index contributed by atoms with van der Waals surface area (Å²) in [5, 5.41) is 4.22. The summed E-state index contributed by atoms with van der Waals surface area (Å²) in [5.41, 5.74) is 3.87. The zero-order chi connectivity index (χ0) is 22.6. The molecule has 0 radical (unpaired) electrons. The van der Waals surface area contributed by atoms with Gasteiger partial charge in [-0.25, -0.2) is 0 Å². The van der Waals surface area contributed by atoms with E-state index in [0.717, 1.165) is 34.0 Å². The third-order valence-corrected chi connectivity index (χ3v) is 6.06. The Bertz CT molecular complexity index is 1040. The molecule has 4 nitrogen and oxygen atoms in total. The fourth-order valence-corrected chi connectivity index (χ4v) is 4.44. The fraction of sp³-hybridized carbons (Fsp3) is 0.333. The first-order chi connectivity index (χ1) is 15.5. The normalized spacial score (nSPS) is 19.1. The van der Waals surface area contributed by atoms with Gasteiger partial charge in [0.2, 0.25) is 0 Å². The summed E-state index contributed by atoms with van der Waals surface area (Å²) in [6.07, 6.45) is 0.390. The largest absolute Gasteiger partial charge is 0.485 e. The van der Waals surface area contributed by atoms with Gasteiger partial charge < -0.3 is 19.5 Å². The van der Waals surface area contributed by atoms with Gasteiger partial charge in [0.1, 0.15) is 23.6 Å². The molecule has 0 spiro atoms. The lowest BCUT2D eigenvalue weighted by atomic mass is 9.88. The maximum Gasteiger partial charge on any atom is 0.132 e. The van der Waals surface area contributed by atoms with Crippen LogP contribution in [-0.4, -0.2) is 25.4 Å². The summed E-state index contributed by atoms with van der Waals surface area (Å²) in [7, 11) is 1.72. The Labute approximate surface area is 195 Å². The summed E-state index contributed by atoms with van der Waals surface area (Å²) < 4.78 is 18.6. The Morgan fingerprint density at radius 3 is 2.50 bits per heavy atom. The molecule has 1 aliphatic rings. The zero-order valence-electron chi connectivity index (χ0n) is 18.8. The monoisotopic (exact) mass is 451 g/mol. The SMILES string of the molecule is COC1C(OCCc2ccccc2)c2cc(NCc3cccc(Cl)c3)ccc2OC1(C)C. The van der Waals surface area contributed by atoms with Gasteiger partial charge in [-0.1, -0.05) is 54.1 Å². The Morgan fingerprint density at radius 2 is 1.75 bits per heavy atom. The standard InChI is InChI=1S/C27H30ClNO3/c1-27(2)26(30-3)25(31-15-14-19-8-5-4-6-9-19)23-17-22(12-13-24(23)32-27)29-18-20-10-7-11-21(28)16-20/h4-13,16-17,25-26,29H,14-15,18H2,1-3H3. The minimum atomic E-state index is -0.505. The van der Waals surface area contributed by atoms with Crippen molar-refractivity contribution in [3.63, 3.8) is 0 Å². The molecule has 0 bridgehead atoms. The van der Waals surface area contributed by atoms with Gasteiger partial charge in [0, 0.05) is 29.9 Å². The molecule has 0 saturated heterocycles. The first-order valence-electron chi connectivity index (χ1n) is 11.0. The molecule has 0 aliphatic carbocycles. The predicted octanol–water partition coefficient (Wildman–Crippen LogP) is 6.44. The van der Waals surface area contributed by atoms with E-state index in [4.69, 9.17) is 25.8 Å². The number of hydrogen-bond donors (Lipinski definition) is 1. The van der Waals surface area contributed by atoms with Crippen LogP contribution in [0.1, 0.15) is 36.6 Å².